The van der Waals surface area contributed by atoms with Gasteiger partial charge < -0.3 is 27.6 Å². The quantitative estimate of drug-likeness (QED) is 0.577. The number of para-hydroxylation sites is 1. The summed E-state index contributed by atoms with van der Waals surface area (Å²) in [5, 5.41) is 0.811. The topological polar surface area (TPSA) is 102 Å². The van der Waals surface area contributed by atoms with Crippen LogP contribution in [-0.4, -0.2) is 37.3 Å². The molecule has 1 atom stereocenters. The molecule has 1 heterocycles. The van der Waals surface area contributed by atoms with Crippen LogP contribution in [0.4, 0.5) is 0 Å². The van der Waals surface area contributed by atoms with Crippen molar-refractivity contribution in [2.45, 2.75) is 24.6 Å². The SMILES string of the molecule is COC(=O)C1=C(OC)C(C)(S(=O)(=O)n2c(C[NH3+])cc3ccccc32)CC=C1.[Cl-]. The Kier molecular flexibility index (Phi) is 6.27. The third kappa shape index (κ3) is 3.11. The summed E-state index contributed by atoms with van der Waals surface area (Å²) in [5.41, 5.74) is 5.12. The summed E-state index contributed by atoms with van der Waals surface area (Å²) in [6, 6.07) is 9.08. The molecule has 0 saturated carbocycles. The minimum Gasteiger partial charge on any atom is -1.00 e. The van der Waals surface area contributed by atoms with Crippen LogP contribution in [0.5, 0.6) is 0 Å². The maximum atomic E-state index is 13.8. The van der Waals surface area contributed by atoms with E-state index in [0.717, 1.165) is 5.39 Å². The van der Waals surface area contributed by atoms with E-state index in [1.807, 2.05) is 18.2 Å². The molecule has 9 heteroatoms. The standard InChI is InChI=1S/C19H22N2O5S.ClH/c1-19(10-6-8-15(17(19)25-2)18(22)26-3)27(23,24)21-14(12-20)11-13-7-4-5-9-16(13)21;/h4-9,11H,10,12,20H2,1-3H3;1H. The van der Waals surface area contributed by atoms with Gasteiger partial charge >= 0.3 is 5.97 Å². The molecule has 1 aliphatic rings. The zero-order chi connectivity index (χ0) is 19.8. The number of esters is 1. The van der Waals surface area contributed by atoms with E-state index in [1.165, 1.54) is 24.3 Å². The number of quaternary nitrogens is 1. The summed E-state index contributed by atoms with van der Waals surface area (Å²) < 4.78 is 37.7. The van der Waals surface area contributed by atoms with E-state index in [2.05, 4.69) is 5.73 Å². The van der Waals surface area contributed by atoms with Crippen LogP contribution < -0.4 is 18.1 Å². The highest BCUT2D eigenvalue weighted by atomic mass is 35.5. The second-order valence-corrected chi connectivity index (χ2v) is 8.71. The Bertz CT molecular complexity index is 1070. The van der Waals surface area contributed by atoms with Gasteiger partial charge in [-0.3, -0.25) is 0 Å². The van der Waals surface area contributed by atoms with Gasteiger partial charge in [-0.25, -0.2) is 17.2 Å². The van der Waals surface area contributed by atoms with E-state index in [0.29, 0.717) is 17.8 Å². The molecule has 0 saturated heterocycles. The molecule has 0 fully saturated rings. The lowest BCUT2D eigenvalue weighted by Crippen LogP contribution is -3.00. The smallest absolute Gasteiger partial charge is 0.341 e. The first-order valence-corrected chi connectivity index (χ1v) is 9.93. The summed E-state index contributed by atoms with van der Waals surface area (Å²) in [6.45, 7) is 1.87. The molecule has 1 aromatic carbocycles. The molecule has 1 unspecified atom stereocenters. The summed E-state index contributed by atoms with van der Waals surface area (Å²) in [6.07, 6.45) is 3.36. The van der Waals surface area contributed by atoms with Crippen LogP contribution in [0.15, 0.2) is 53.8 Å². The molecule has 0 spiro atoms. The fourth-order valence-electron chi connectivity index (χ4n) is 3.52. The molecule has 0 bridgehead atoms. The molecule has 28 heavy (non-hydrogen) atoms. The van der Waals surface area contributed by atoms with E-state index < -0.39 is 20.7 Å². The predicted octanol–water partition coefficient (Wildman–Crippen LogP) is -1.64. The van der Waals surface area contributed by atoms with Gasteiger partial charge in [-0.05, 0) is 31.6 Å². The number of aromatic nitrogens is 1. The lowest BCUT2D eigenvalue weighted by atomic mass is 9.94. The monoisotopic (exact) mass is 426 g/mol. The molecule has 3 rings (SSSR count). The van der Waals surface area contributed by atoms with E-state index in [9.17, 15) is 13.2 Å². The molecule has 152 valence electrons. The number of fused-ring (bicyclic) bond motifs is 1. The lowest BCUT2D eigenvalue weighted by Gasteiger charge is -2.34. The number of hydrogen-bond donors (Lipinski definition) is 1. The van der Waals surface area contributed by atoms with Gasteiger partial charge in [0.25, 0.3) is 10.0 Å². The van der Waals surface area contributed by atoms with Crippen molar-refractivity contribution >= 4 is 26.9 Å². The van der Waals surface area contributed by atoms with Crippen LogP contribution in [0.1, 0.15) is 19.0 Å². The normalized spacial score (nSPS) is 19.4. The van der Waals surface area contributed by atoms with Crippen molar-refractivity contribution in [2.24, 2.45) is 0 Å². The van der Waals surface area contributed by atoms with Crippen molar-refractivity contribution in [3.05, 3.63) is 59.5 Å². The minimum atomic E-state index is -3.99. The molecular formula is C19H23ClN2O5S. The van der Waals surface area contributed by atoms with Gasteiger partial charge in [0.2, 0.25) is 0 Å². The fraction of sp³-hybridized carbons (Fsp3) is 0.316. The molecular weight excluding hydrogens is 404 g/mol. The fourth-order valence-corrected chi connectivity index (χ4v) is 5.54. The lowest BCUT2D eigenvalue weighted by molar-refractivity contribution is -0.387. The van der Waals surface area contributed by atoms with Gasteiger partial charge in [-0.2, -0.15) is 0 Å². The van der Waals surface area contributed by atoms with Crippen LogP contribution in [-0.2, 0) is 30.8 Å². The van der Waals surface area contributed by atoms with Crippen LogP contribution in [0.25, 0.3) is 10.9 Å². The molecule has 0 aliphatic heterocycles. The Labute approximate surface area is 170 Å². The first kappa shape index (κ1) is 22.0. The second kappa shape index (κ2) is 7.98. The number of benzene rings is 1. The highest BCUT2D eigenvalue weighted by Gasteiger charge is 2.49. The van der Waals surface area contributed by atoms with Crippen molar-refractivity contribution < 1.29 is 40.8 Å². The maximum absolute atomic E-state index is 13.8. The first-order chi connectivity index (χ1) is 12.8. The van der Waals surface area contributed by atoms with E-state index in [-0.39, 0.29) is 30.2 Å². The zero-order valence-electron chi connectivity index (χ0n) is 15.9. The number of ether oxygens (including phenoxy) is 2. The number of methoxy groups -OCH3 is 2. The molecule has 3 N–H and O–H groups in total. The Morgan fingerprint density at radius 2 is 1.96 bits per heavy atom. The Morgan fingerprint density at radius 3 is 2.57 bits per heavy atom. The van der Waals surface area contributed by atoms with Crippen molar-refractivity contribution in [3.63, 3.8) is 0 Å². The third-order valence-corrected chi connectivity index (χ3v) is 7.33. The highest BCUT2D eigenvalue weighted by molar-refractivity contribution is 7.91. The zero-order valence-corrected chi connectivity index (χ0v) is 17.5. The number of allylic oxidation sites excluding steroid dienone is 1. The van der Waals surface area contributed by atoms with Gasteiger partial charge in [0, 0.05) is 5.39 Å². The average molecular weight is 427 g/mol. The third-order valence-electron chi connectivity index (χ3n) is 4.93. The summed E-state index contributed by atoms with van der Waals surface area (Å²) >= 11 is 0. The second-order valence-electron chi connectivity index (χ2n) is 6.49. The van der Waals surface area contributed by atoms with Crippen LogP contribution in [0.2, 0.25) is 0 Å². The summed E-state index contributed by atoms with van der Waals surface area (Å²) in [4.78, 5) is 12.1. The maximum Gasteiger partial charge on any atom is 0.341 e. The molecule has 1 aliphatic carbocycles. The number of halogens is 1. The largest absolute Gasteiger partial charge is 1.00 e. The molecule has 2 aromatic rings. The van der Waals surface area contributed by atoms with Gasteiger partial charge in [0.05, 0.1) is 31.0 Å². The average Bonchev–Trinajstić information content (AvgIpc) is 3.06. The Hall–Kier alpha value is -2.29. The van der Waals surface area contributed by atoms with Gasteiger partial charge in [0.15, 0.2) is 0 Å². The molecule has 0 radical (unpaired) electrons. The number of carbonyl (C=O) groups is 1. The minimum absolute atomic E-state index is 0. The summed E-state index contributed by atoms with van der Waals surface area (Å²) in [5.74, 6) is -0.566. The Morgan fingerprint density at radius 1 is 1.29 bits per heavy atom. The van der Waals surface area contributed by atoms with Crippen molar-refractivity contribution in [2.75, 3.05) is 14.2 Å². The number of carbonyl (C=O) groups excluding carboxylic acids is 1. The first-order valence-electron chi connectivity index (χ1n) is 8.49. The number of nitrogens with zero attached hydrogens (tertiary/aromatic N) is 1. The van der Waals surface area contributed by atoms with Gasteiger partial charge in [-0.1, -0.05) is 24.3 Å². The Balaban J connectivity index is 0.00000280. The van der Waals surface area contributed by atoms with Gasteiger partial charge in [-0.15, -0.1) is 0 Å². The van der Waals surface area contributed by atoms with Crippen LogP contribution in [0, 0.1) is 0 Å². The van der Waals surface area contributed by atoms with Crippen LogP contribution >= 0.6 is 0 Å². The number of hydrogen-bond acceptors (Lipinski definition) is 5. The molecule has 1 aromatic heterocycles. The van der Waals surface area contributed by atoms with Crippen molar-refractivity contribution in [1.29, 1.82) is 0 Å². The van der Waals surface area contributed by atoms with E-state index in [1.54, 1.807) is 25.1 Å². The van der Waals surface area contributed by atoms with Crippen molar-refractivity contribution in [1.82, 2.24) is 3.97 Å². The van der Waals surface area contributed by atoms with Crippen molar-refractivity contribution in [3.8, 4) is 0 Å². The van der Waals surface area contributed by atoms with Gasteiger partial charge in [0.1, 0.15) is 17.1 Å². The summed E-state index contributed by atoms with van der Waals surface area (Å²) in [7, 11) is -1.38. The highest BCUT2D eigenvalue weighted by Crippen LogP contribution is 2.40. The van der Waals surface area contributed by atoms with E-state index in [4.69, 9.17) is 9.47 Å². The predicted molar refractivity (Wildman–Crippen MR) is 101 cm³/mol. The molecule has 0 amide bonds. The molecule has 7 nitrogen and oxygen atoms in total. The number of rotatable bonds is 5. The van der Waals surface area contributed by atoms with Crippen LogP contribution in [0.3, 0.4) is 0 Å². The van der Waals surface area contributed by atoms with E-state index >= 15 is 0 Å².